The molecule has 2 aromatic carbocycles. The number of fused-ring (bicyclic) bond motifs is 1. The van der Waals surface area contributed by atoms with Gasteiger partial charge in [-0.1, -0.05) is 30.3 Å². The van der Waals surface area contributed by atoms with Crippen molar-refractivity contribution in [3.8, 4) is 0 Å². The number of nitrogens with one attached hydrogen (secondary N) is 1. The van der Waals surface area contributed by atoms with Gasteiger partial charge in [0, 0.05) is 43.2 Å². The molecule has 1 fully saturated rings. The highest BCUT2D eigenvalue weighted by Gasteiger charge is 2.37. The number of amides is 2. The molecule has 3 aromatic rings. The predicted molar refractivity (Wildman–Crippen MR) is 143 cm³/mol. The largest absolute Gasteiger partial charge is 0.465 e. The van der Waals surface area contributed by atoms with E-state index < -0.39 is 11.9 Å². The normalized spacial score (nSPS) is 17.2. The van der Waals surface area contributed by atoms with Gasteiger partial charge >= 0.3 is 5.97 Å². The van der Waals surface area contributed by atoms with Gasteiger partial charge in [0.05, 0.1) is 18.6 Å². The van der Waals surface area contributed by atoms with Crippen molar-refractivity contribution in [2.45, 2.75) is 25.9 Å². The van der Waals surface area contributed by atoms with Gasteiger partial charge in [0.2, 0.25) is 11.8 Å². The van der Waals surface area contributed by atoms with Gasteiger partial charge in [0.25, 0.3) is 0 Å². The van der Waals surface area contributed by atoms with Crippen LogP contribution in [0, 0.1) is 11.7 Å². The maximum Gasteiger partial charge on any atom is 0.341 e. The lowest BCUT2D eigenvalue weighted by Gasteiger charge is -2.27. The molecule has 0 saturated carbocycles. The molecule has 194 valence electrons. The smallest absolute Gasteiger partial charge is 0.341 e. The van der Waals surface area contributed by atoms with E-state index in [1.165, 1.54) is 53.2 Å². The molecular formula is C27H27ClFN3O4S. The van der Waals surface area contributed by atoms with Crippen molar-refractivity contribution in [3.05, 3.63) is 82.0 Å². The average Bonchev–Trinajstić information content (AvgIpc) is 3.44. The summed E-state index contributed by atoms with van der Waals surface area (Å²) in [7, 11) is 1.33. The van der Waals surface area contributed by atoms with E-state index in [1.807, 2.05) is 18.2 Å². The Labute approximate surface area is 224 Å². The van der Waals surface area contributed by atoms with Crippen molar-refractivity contribution in [2.24, 2.45) is 5.92 Å². The first-order chi connectivity index (χ1) is 17.4. The zero-order valence-corrected chi connectivity index (χ0v) is 21.9. The number of thiophene rings is 1. The fourth-order valence-corrected chi connectivity index (χ4v) is 6.09. The number of benzene rings is 2. The molecule has 0 aliphatic carbocycles. The standard InChI is InChI=1S/C27H26FN3O4S.ClH/c1-35-27(34)24-21-11-12-30(14-17-5-3-2-4-6-17)16-22(21)36-26(24)29-25(33)18-13-23(32)31(15-18)20-9-7-19(28)8-10-20;/h2-10,18H,11-16H2,1H3,(H,29,33);1H. The second kappa shape index (κ2) is 11.4. The Kier molecular flexibility index (Phi) is 8.26. The molecule has 2 aliphatic rings. The van der Waals surface area contributed by atoms with Crippen LogP contribution in [0.2, 0.25) is 0 Å². The molecule has 2 aliphatic heterocycles. The minimum Gasteiger partial charge on any atom is -0.465 e. The van der Waals surface area contributed by atoms with Gasteiger partial charge in [-0.05, 0) is 41.8 Å². The number of esters is 1. The van der Waals surface area contributed by atoms with Crippen molar-refractivity contribution in [2.75, 3.05) is 30.4 Å². The van der Waals surface area contributed by atoms with Crippen LogP contribution in [0.25, 0.3) is 0 Å². The average molecular weight is 544 g/mol. The lowest BCUT2D eigenvalue weighted by atomic mass is 10.0. The molecule has 3 heterocycles. The van der Waals surface area contributed by atoms with E-state index in [1.54, 1.807) is 0 Å². The topological polar surface area (TPSA) is 78.9 Å². The van der Waals surface area contributed by atoms with Crippen molar-refractivity contribution in [1.82, 2.24) is 4.90 Å². The lowest BCUT2D eigenvalue weighted by Crippen LogP contribution is -2.30. The summed E-state index contributed by atoms with van der Waals surface area (Å²) in [6.45, 7) is 2.46. The van der Waals surface area contributed by atoms with Crippen LogP contribution in [0.4, 0.5) is 15.1 Å². The first kappa shape index (κ1) is 26.8. The molecule has 37 heavy (non-hydrogen) atoms. The zero-order valence-electron chi connectivity index (χ0n) is 20.2. The first-order valence-electron chi connectivity index (χ1n) is 11.8. The number of carbonyl (C=O) groups excluding carboxylic acids is 3. The van der Waals surface area contributed by atoms with Gasteiger partial charge in [-0.2, -0.15) is 0 Å². The van der Waals surface area contributed by atoms with Gasteiger partial charge in [-0.25, -0.2) is 9.18 Å². The molecule has 1 unspecified atom stereocenters. The lowest BCUT2D eigenvalue weighted by molar-refractivity contribution is -0.122. The molecule has 0 spiro atoms. The fourth-order valence-electron chi connectivity index (χ4n) is 4.81. The number of anilines is 2. The Bertz CT molecular complexity index is 1300. The van der Waals surface area contributed by atoms with E-state index in [2.05, 4.69) is 22.3 Å². The molecule has 1 aromatic heterocycles. The predicted octanol–water partition coefficient (Wildman–Crippen LogP) is 4.65. The van der Waals surface area contributed by atoms with Crippen LogP contribution >= 0.6 is 23.7 Å². The van der Waals surface area contributed by atoms with E-state index in [-0.39, 0.29) is 43.0 Å². The van der Waals surface area contributed by atoms with Crippen molar-refractivity contribution in [1.29, 1.82) is 0 Å². The molecule has 2 amide bonds. The van der Waals surface area contributed by atoms with Gasteiger partial charge in [-0.3, -0.25) is 14.5 Å². The summed E-state index contributed by atoms with van der Waals surface area (Å²) in [5.41, 5.74) is 3.10. The molecule has 7 nitrogen and oxygen atoms in total. The highest BCUT2D eigenvalue weighted by Crippen LogP contribution is 2.38. The van der Waals surface area contributed by atoms with Crippen LogP contribution in [0.5, 0.6) is 0 Å². The molecule has 0 bridgehead atoms. The molecule has 0 radical (unpaired) electrons. The van der Waals surface area contributed by atoms with Crippen LogP contribution in [0.3, 0.4) is 0 Å². The van der Waals surface area contributed by atoms with Gasteiger partial charge in [0.1, 0.15) is 10.8 Å². The third-order valence-electron chi connectivity index (χ3n) is 6.65. The van der Waals surface area contributed by atoms with Crippen molar-refractivity contribution < 1.29 is 23.5 Å². The van der Waals surface area contributed by atoms with Gasteiger partial charge in [0.15, 0.2) is 0 Å². The molecule has 1 saturated heterocycles. The Morgan fingerprint density at radius 1 is 1.14 bits per heavy atom. The Balaban J connectivity index is 0.00000320. The van der Waals surface area contributed by atoms with Crippen LogP contribution in [-0.4, -0.2) is 42.9 Å². The minimum absolute atomic E-state index is 0. The Hall–Kier alpha value is -3.27. The van der Waals surface area contributed by atoms with Gasteiger partial charge in [-0.15, -0.1) is 23.7 Å². The third-order valence-corrected chi connectivity index (χ3v) is 7.78. The van der Waals surface area contributed by atoms with E-state index in [4.69, 9.17) is 4.74 Å². The maximum absolute atomic E-state index is 13.3. The summed E-state index contributed by atoms with van der Waals surface area (Å²) < 4.78 is 18.3. The molecular weight excluding hydrogens is 517 g/mol. The minimum atomic E-state index is -0.582. The number of ether oxygens (including phenoxy) is 1. The first-order valence-corrected chi connectivity index (χ1v) is 12.6. The zero-order chi connectivity index (χ0) is 25.2. The van der Waals surface area contributed by atoms with Crippen LogP contribution in [0.1, 0.15) is 32.8 Å². The molecule has 5 rings (SSSR count). The number of nitrogens with zero attached hydrogens (tertiary/aromatic N) is 2. The van der Waals surface area contributed by atoms with E-state index in [0.717, 1.165) is 23.5 Å². The summed E-state index contributed by atoms with van der Waals surface area (Å²) in [6, 6.07) is 15.8. The number of carbonyl (C=O) groups is 3. The Morgan fingerprint density at radius 3 is 2.57 bits per heavy atom. The van der Waals surface area contributed by atoms with Crippen molar-refractivity contribution in [3.63, 3.8) is 0 Å². The summed E-state index contributed by atoms with van der Waals surface area (Å²) in [5.74, 6) is -1.97. The van der Waals surface area contributed by atoms with Crippen molar-refractivity contribution >= 4 is 52.2 Å². The number of hydrogen-bond acceptors (Lipinski definition) is 6. The Morgan fingerprint density at radius 2 is 1.86 bits per heavy atom. The van der Waals surface area contributed by atoms with Gasteiger partial charge < -0.3 is 15.0 Å². The van der Waals surface area contributed by atoms with E-state index >= 15 is 0 Å². The summed E-state index contributed by atoms with van der Waals surface area (Å²) in [5, 5.41) is 3.38. The van der Waals surface area contributed by atoms with Crippen LogP contribution < -0.4 is 10.2 Å². The summed E-state index contributed by atoms with van der Waals surface area (Å²) >= 11 is 1.39. The maximum atomic E-state index is 13.3. The van der Waals surface area contributed by atoms with E-state index in [0.29, 0.717) is 29.2 Å². The van der Waals surface area contributed by atoms with Crippen LogP contribution in [0.15, 0.2) is 54.6 Å². The van der Waals surface area contributed by atoms with E-state index in [9.17, 15) is 18.8 Å². The fraction of sp³-hybridized carbons (Fsp3) is 0.296. The summed E-state index contributed by atoms with van der Waals surface area (Å²) in [4.78, 5) is 43.3. The second-order valence-electron chi connectivity index (χ2n) is 9.02. The monoisotopic (exact) mass is 543 g/mol. The number of hydrogen-bond donors (Lipinski definition) is 1. The second-order valence-corrected chi connectivity index (χ2v) is 10.1. The highest BCUT2D eigenvalue weighted by atomic mass is 35.5. The number of rotatable bonds is 6. The number of methoxy groups -OCH3 is 1. The number of halogens is 2. The molecule has 10 heteroatoms. The third kappa shape index (κ3) is 5.69. The summed E-state index contributed by atoms with van der Waals surface area (Å²) in [6.07, 6.45) is 0.728. The SMILES string of the molecule is COC(=O)c1c(NC(=O)C2CC(=O)N(c3ccc(F)cc3)C2)sc2c1CCN(Cc1ccccc1)C2.Cl. The molecule has 1 atom stereocenters. The highest BCUT2D eigenvalue weighted by molar-refractivity contribution is 7.17. The molecule has 1 N–H and O–H groups in total. The van der Waals surface area contributed by atoms with Crippen LogP contribution in [-0.2, 0) is 33.8 Å². The quantitative estimate of drug-likeness (QED) is 0.458.